The second-order valence-electron chi connectivity index (χ2n) is 5.49. The van der Waals surface area contributed by atoms with Crippen LogP contribution in [0.15, 0.2) is 29.3 Å². The summed E-state index contributed by atoms with van der Waals surface area (Å²) in [5.74, 6) is 1.30. The van der Waals surface area contributed by atoms with Gasteiger partial charge in [-0.05, 0) is 31.0 Å². The van der Waals surface area contributed by atoms with Gasteiger partial charge in [-0.25, -0.2) is 4.79 Å². The third kappa shape index (κ3) is 5.66. The van der Waals surface area contributed by atoms with Gasteiger partial charge in [0.05, 0.1) is 13.7 Å². The molecule has 25 heavy (non-hydrogen) atoms. The van der Waals surface area contributed by atoms with Crippen molar-refractivity contribution in [1.29, 1.82) is 0 Å². The fourth-order valence-corrected chi connectivity index (χ4v) is 2.40. The average Bonchev–Trinajstić information content (AvgIpc) is 2.94. The number of hydrogen-bond donors (Lipinski definition) is 3. The zero-order chi connectivity index (χ0) is 18.1. The van der Waals surface area contributed by atoms with Crippen LogP contribution in [0.2, 0.25) is 0 Å². The molecular formula is C17H25N5O3. The molecule has 0 aliphatic carbocycles. The predicted octanol–water partition coefficient (Wildman–Crippen LogP) is 0.345. The van der Waals surface area contributed by atoms with Gasteiger partial charge in [0.15, 0.2) is 5.96 Å². The van der Waals surface area contributed by atoms with Crippen LogP contribution in [0.4, 0.5) is 4.79 Å². The molecule has 1 aromatic rings. The van der Waals surface area contributed by atoms with E-state index < -0.39 is 0 Å². The summed E-state index contributed by atoms with van der Waals surface area (Å²) in [7, 11) is 1.65. The van der Waals surface area contributed by atoms with Crippen molar-refractivity contribution in [3.05, 3.63) is 29.8 Å². The molecule has 1 fully saturated rings. The molecule has 1 saturated heterocycles. The van der Waals surface area contributed by atoms with Crippen LogP contribution in [0.1, 0.15) is 12.5 Å². The molecule has 1 aliphatic rings. The van der Waals surface area contributed by atoms with Gasteiger partial charge < -0.3 is 20.7 Å². The highest BCUT2D eigenvalue weighted by molar-refractivity contribution is 6.01. The Morgan fingerprint density at radius 2 is 2.04 bits per heavy atom. The van der Waals surface area contributed by atoms with Gasteiger partial charge >= 0.3 is 6.03 Å². The van der Waals surface area contributed by atoms with Crippen LogP contribution < -0.4 is 20.7 Å². The molecule has 136 valence electrons. The Hall–Kier alpha value is -2.77. The number of nitrogens with one attached hydrogen (secondary N) is 3. The molecule has 0 saturated carbocycles. The van der Waals surface area contributed by atoms with Crippen LogP contribution >= 0.6 is 0 Å². The Kier molecular flexibility index (Phi) is 7.06. The Bertz CT molecular complexity index is 599. The summed E-state index contributed by atoms with van der Waals surface area (Å²) in [6.45, 7) is 4.19. The summed E-state index contributed by atoms with van der Waals surface area (Å²) in [4.78, 5) is 28.7. The minimum absolute atomic E-state index is 0.0782. The molecule has 8 heteroatoms. The van der Waals surface area contributed by atoms with Crippen LogP contribution in [0, 0.1) is 0 Å². The topological polar surface area (TPSA) is 95.1 Å². The predicted molar refractivity (Wildman–Crippen MR) is 95.8 cm³/mol. The zero-order valence-electron chi connectivity index (χ0n) is 14.7. The standard InChI is InChI=1S/C17H25N5O3/c1-3-18-16(20-10-11-22-15(23)12-21-17(22)24)19-9-8-13-4-6-14(25-2)7-5-13/h4-7H,3,8-12H2,1-2H3,(H,21,24)(H2,18,19,20). The summed E-state index contributed by atoms with van der Waals surface area (Å²) in [6, 6.07) is 7.56. The molecule has 8 nitrogen and oxygen atoms in total. The molecule has 3 amide bonds. The Morgan fingerprint density at radius 3 is 2.64 bits per heavy atom. The number of imide groups is 1. The molecule has 1 aromatic carbocycles. The second kappa shape index (κ2) is 9.51. The van der Waals surface area contributed by atoms with E-state index in [1.807, 2.05) is 31.2 Å². The molecular weight excluding hydrogens is 322 g/mol. The molecule has 0 spiro atoms. The van der Waals surface area contributed by atoms with E-state index in [4.69, 9.17) is 4.74 Å². The molecule has 1 aliphatic heterocycles. The van der Waals surface area contributed by atoms with Crippen LogP contribution in [-0.2, 0) is 11.2 Å². The van der Waals surface area contributed by atoms with Crippen molar-refractivity contribution in [2.45, 2.75) is 13.3 Å². The first-order valence-corrected chi connectivity index (χ1v) is 8.37. The van der Waals surface area contributed by atoms with E-state index in [0.717, 1.165) is 18.7 Å². The summed E-state index contributed by atoms with van der Waals surface area (Å²) in [5, 5.41) is 8.79. The molecule has 0 unspecified atom stereocenters. The molecule has 3 N–H and O–H groups in total. The number of ether oxygens (including phenoxy) is 1. The van der Waals surface area contributed by atoms with Crippen LogP contribution in [0.3, 0.4) is 0 Å². The van der Waals surface area contributed by atoms with Gasteiger partial charge in [-0.3, -0.25) is 14.7 Å². The number of carbonyl (C=O) groups excluding carboxylic acids is 2. The average molecular weight is 347 g/mol. The van der Waals surface area contributed by atoms with Crippen molar-refractivity contribution in [3.63, 3.8) is 0 Å². The van der Waals surface area contributed by atoms with Gasteiger partial charge in [0.1, 0.15) is 5.75 Å². The lowest BCUT2D eigenvalue weighted by molar-refractivity contribution is -0.124. The minimum atomic E-state index is -0.340. The lowest BCUT2D eigenvalue weighted by Crippen LogP contribution is -2.43. The number of methoxy groups -OCH3 is 1. The van der Waals surface area contributed by atoms with Crippen molar-refractivity contribution < 1.29 is 14.3 Å². The van der Waals surface area contributed by atoms with E-state index in [9.17, 15) is 9.59 Å². The van der Waals surface area contributed by atoms with E-state index in [2.05, 4.69) is 20.9 Å². The fraction of sp³-hybridized carbons (Fsp3) is 0.471. The maximum absolute atomic E-state index is 11.5. The number of guanidine groups is 1. The molecule has 2 rings (SSSR count). The third-order valence-electron chi connectivity index (χ3n) is 3.74. The first-order valence-electron chi connectivity index (χ1n) is 8.37. The number of benzene rings is 1. The van der Waals surface area contributed by atoms with Gasteiger partial charge in [0.25, 0.3) is 0 Å². The number of hydrogen-bond acceptors (Lipinski definition) is 4. The maximum atomic E-state index is 11.5. The SMILES string of the molecule is CCNC(=NCCc1ccc(OC)cc1)NCCN1C(=O)CNC1=O. The third-order valence-corrected chi connectivity index (χ3v) is 3.74. The molecule has 0 aromatic heterocycles. The van der Waals surface area contributed by atoms with E-state index >= 15 is 0 Å². The first-order chi connectivity index (χ1) is 12.1. The highest BCUT2D eigenvalue weighted by Gasteiger charge is 2.27. The fourth-order valence-electron chi connectivity index (χ4n) is 2.40. The van der Waals surface area contributed by atoms with Crippen LogP contribution in [-0.4, -0.2) is 62.6 Å². The molecule has 0 bridgehead atoms. The van der Waals surface area contributed by atoms with Crippen LogP contribution in [0.5, 0.6) is 5.75 Å². The summed E-state index contributed by atoms with van der Waals surface area (Å²) in [5.41, 5.74) is 1.18. The normalized spacial score (nSPS) is 14.5. The monoisotopic (exact) mass is 347 g/mol. The number of amides is 3. The van der Waals surface area contributed by atoms with Crippen molar-refractivity contribution >= 4 is 17.9 Å². The van der Waals surface area contributed by atoms with Gasteiger partial charge in [-0.2, -0.15) is 0 Å². The van der Waals surface area contributed by atoms with Crippen LogP contribution in [0.25, 0.3) is 0 Å². The highest BCUT2D eigenvalue weighted by atomic mass is 16.5. The van der Waals surface area contributed by atoms with Crippen molar-refractivity contribution in [3.8, 4) is 5.75 Å². The quantitative estimate of drug-likeness (QED) is 0.358. The number of rotatable bonds is 8. The number of nitrogens with zero attached hydrogens (tertiary/aromatic N) is 2. The Morgan fingerprint density at radius 1 is 1.28 bits per heavy atom. The second-order valence-corrected chi connectivity index (χ2v) is 5.49. The van der Waals surface area contributed by atoms with E-state index in [0.29, 0.717) is 25.6 Å². The van der Waals surface area contributed by atoms with Crippen molar-refractivity contribution in [2.75, 3.05) is 39.8 Å². The number of aliphatic imine (C=N–C) groups is 1. The summed E-state index contributed by atoms with van der Waals surface area (Å²) in [6.07, 6.45) is 0.813. The molecule has 0 radical (unpaired) electrons. The maximum Gasteiger partial charge on any atom is 0.324 e. The van der Waals surface area contributed by atoms with Crippen molar-refractivity contribution in [1.82, 2.24) is 20.9 Å². The van der Waals surface area contributed by atoms with Gasteiger partial charge in [-0.1, -0.05) is 12.1 Å². The lowest BCUT2D eigenvalue weighted by Gasteiger charge is -2.15. The van der Waals surface area contributed by atoms with E-state index in [1.165, 1.54) is 10.5 Å². The van der Waals surface area contributed by atoms with E-state index in [1.54, 1.807) is 7.11 Å². The zero-order valence-corrected chi connectivity index (χ0v) is 14.7. The summed E-state index contributed by atoms with van der Waals surface area (Å²) < 4.78 is 5.14. The molecule has 0 atom stereocenters. The Balaban J connectivity index is 1.78. The first kappa shape index (κ1) is 18.6. The summed E-state index contributed by atoms with van der Waals surface area (Å²) >= 11 is 0. The van der Waals surface area contributed by atoms with Gasteiger partial charge in [0, 0.05) is 26.2 Å². The number of carbonyl (C=O) groups is 2. The highest BCUT2D eigenvalue weighted by Crippen LogP contribution is 2.11. The Labute approximate surface area is 147 Å². The largest absolute Gasteiger partial charge is 0.497 e. The molecule has 1 heterocycles. The number of urea groups is 1. The van der Waals surface area contributed by atoms with E-state index in [-0.39, 0.29) is 18.5 Å². The minimum Gasteiger partial charge on any atom is -0.497 e. The lowest BCUT2D eigenvalue weighted by atomic mass is 10.1. The van der Waals surface area contributed by atoms with Crippen molar-refractivity contribution in [2.24, 2.45) is 4.99 Å². The van der Waals surface area contributed by atoms with Gasteiger partial charge in [-0.15, -0.1) is 0 Å². The smallest absolute Gasteiger partial charge is 0.324 e. The van der Waals surface area contributed by atoms with Gasteiger partial charge in [0.2, 0.25) is 5.91 Å².